The van der Waals surface area contributed by atoms with Crippen molar-refractivity contribution in [1.82, 2.24) is 5.32 Å². The molecule has 22 heavy (non-hydrogen) atoms. The lowest BCUT2D eigenvalue weighted by Gasteiger charge is -2.13. The molecule has 1 aliphatic rings. The molecule has 0 heterocycles. The Hall–Kier alpha value is -2.04. The summed E-state index contributed by atoms with van der Waals surface area (Å²) in [5.74, 6) is 0.204. The minimum absolute atomic E-state index is 0.204. The van der Waals surface area contributed by atoms with Crippen LogP contribution in [0.2, 0.25) is 0 Å². The Bertz CT molecular complexity index is 525. The lowest BCUT2D eigenvalue weighted by atomic mass is 10.1. The number of carbonyl (C=O) groups is 1. The molecule has 0 spiro atoms. The van der Waals surface area contributed by atoms with Crippen LogP contribution in [0.3, 0.4) is 0 Å². The van der Waals surface area contributed by atoms with Crippen LogP contribution < -0.4 is 16.4 Å². The smallest absolute Gasteiger partial charge is 0.326 e. The molecule has 0 aromatic heterocycles. The normalized spacial score (nSPS) is 16.9. The van der Waals surface area contributed by atoms with Crippen molar-refractivity contribution >= 4 is 17.7 Å². The molecule has 0 bridgehead atoms. The van der Waals surface area contributed by atoms with E-state index in [2.05, 4.69) is 15.6 Å². The van der Waals surface area contributed by atoms with Crippen LogP contribution in [0.4, 0.5) is 10.5 Å². The molecule has 0 saturated heterocycles. The maximum atomic E-state index is 12.1. The number of amides is 2. The van der Waals surface area contributed by atoms with Gasteiger partial charge in [0.2, 0.25) is 0 Å². The fourth-order valence-corrected chi connectivity index (χ4v) is 2.89. The number of hydrogen-bond acceptors (Lipinski definition) is 2. The Balaban J connectivity index is 1.93. The number of carbonyl (C=O) groups excluding carboxylic acids is 1. The number of rotatable bonds is 2. The van der Waals surface area contributed by atoms with Gasteiger partial charge in [-0.05, 0) is 37.8 Å². The molecule has 0 radical (unpaired) electrons. The summed E-state index contributed by atoms with van der Waals surface area (Å²) in [6, 6.07) is 5.79. The Morgan fingerprint density at radius 2 is 1.73 bits per heavy atom. The molecule has 0 aliphatic heterocycles. The Morgan fingerprint density at radius 1 is 1.14 bits per heavy atom. The third-order valence-corrected chi connectivity index (χ3v) is 4.11. The van der Waals surface area contributed by atoms with Gasteiger partial charge < -0.3 is 11.1 Å². The Kier molecular flexibility index (Phi) is 5.81. The standard InChI is InChI=1S/C17H26N4O/c1-12-8-7-9-13(2)15(12)20-17(22)21-16(18)19-14-10-5-3-4-6-11-14/h7-9,14H,3-6,10-11H2,1-2H3,(H4,18,19,20,21,22). The number of guanidine groups is 1. The maximum Gasteiger partial charge on any atom is 0.326 e. The molecule has 1 aliphatic carbocycles. The third kappa shape index (κ3) is 4.76. The highest BCUT2D eigenvalue weighted by molar-refractivity contribution is 6.02. The molecule has 2 rings (SSSR count). The molecular formula is C17H26N4O. The molecule has 4 N–H and O–H groups in total. The van der Waals surface area contributed by atoms with Crippen molar-refractivity contribution in [2.75, 3.05) is 5.32 Å². The largest absolute Gasteiger partial charge is 0.370 e. The van der Waals surface area contributed by atoms with Crippen LogP contribution in [-0.2, 0) is 0 Å². The topological polar surface area (TPSA) is 79.5 Å². The quantitative estimate of drug-likeness (QED) is 0.444. The first-order chi connectivity index (χ1) is 10.6. The summed E-state index contributed by atoms with van der Waals surface area (Å²) in [6.07, 6.45) is 7.03. The van der Waals surface area contributed by atoms with E-state index in [1.165, 1.54) is 25.7 Å². The van der Waals surface area contributed by atoms with E-state index in [9.17, 15) is 4.79 Å². The number of nitrogens with one attached hydrogen (secondary N) is 2. The van der Waals surface area contributed by atoms with E-state index in [0.717, 1.165) is 29.7 Å². The number of anilines is 1. The molecule has 1 fully saturated rings. The second-order valence-corrected chi connectivity index (χ2v) is 6.01. The first-order valence-electron chi connectivity index (χ1n) is 8.04. The van der Waals surface area contributed by atoms with Crippen LogP contribution in [0.1, 0.15) is 49.7 Å². The van der Waals surface area contributed by atoms with Gasteiger partial charge in [0, 0.05) is 5.69 Å². The van der Waals surface area contributed by atoms with Crippen molar-refractivity contribution in [1.29, 1.82) is 0 Å². The Morgan fingerprint density at radius 3 is 2.32 bits per heavy atom. The van der Waals surface area contributed by atoms with Crippen molar-refractivity contribution in [2.45, 2.75) is 58.4 Å². The van der Waals surface area contributed by atoms with Gasteiger partial charge in [-0.15, -0.1) is 0 Å². The first kappa shape index (κ1) is 16.3. The highest BCUT2D eigenvalue weighted by atomic mass is 16.2. The van der Waals surface area contributed by atoms with Gasteiger partial charge in [0.25, 0.3) is 0 Å². The number of aliphatic imine (C=N–C) groups is 1. The van der Waals surface area contributed by atoms with E-state index < -0.39 is 0 Å². The van der Waals surface area contributed by atoms with E-state index in [1.54, 1.807) is 0 Å². The molecule has 1 aromatic rings. The highest BCUT2D eigenvalue weighted by Crippen LogP contribution is 2.20. The van der Waals surface area contributed by atoms with Gasteiger partial charge >= 0.3 is 6.03 Å². The van der Waals surface area contributed by atoms with Crippen molar-refractivity contribution in [3.63, 3.8) is 0 Å². The fourth-order valence-electron chi connectivity index (χ4n) is 2.89. The highest BCUT2D eigenvalue weighted by Gasteiger charge is 2.13. The second-order valence-electron chi connectivity index (χ2n) is 6.01. The minimum atomic E-state index is -0.340. The number of urea groups is 1. The predicted molar refractivity (Wildman–Crippen MR) is 91.2 cm³/mol. The number of aryl methyl sites for hydroxylation is 2. The van der Waals surface area contributed by atoms with Crippen molar-refractivity contribution in [2.24, 2.45) is 10.7 Å². The SMILES string of the molecule is Cc1cccc(C)c1NC(=O)NC(N)=NC1CCCCCC1. The number of benzene rings is 1. The summed E-state index contributed by atoms with van der Waals surface area (Å²) in [7, 11) is 0. The second kappa shape index (κ2) is 7.82. The lowest BCUT2D eigenvalue weighted by Crippen LogP contribution is -2.40. The Labute approximate surface area is 132 Å². The summed E-state index contributed by atoms with van der Waals surface area (Å²) in [5, 5.41) is 5.48. The van der Waals surface area contributed by atoms with Gasteiger partial charge in [0.1, 0.15) is 0 Å². The molecule has 1 saturated carbocycles. The van der Waals surface area contributed by atoms with Gasteiger partial charge in [0.15, 0.2) is 5.96 Å². The van der Waals surface area contributed by atoms with E-state index in [-0.39, 0.29) is 18.0 Å². The molecule has 5 nitrogen and oxygen atoms in total. The minimum Gasteiger partial charge on any atom is -0.370 e. The van der Waals surface area contributed by atoms with E-state index in [1.807, 2.05) is 32.0 Å². The molecule has 5 heteroatoms. The molecule has 0 atom stereocenters. The summed E-state index contributed by atoms with van der Waals surface area (Å²) < 4.78 is 0. The van der Waals surface area contributed by atoms with Gasteiger partial charge in [-0.2, -0.15) is 0 Å². The first-order valence-corrected chi connectivity index (χ1v) is 8.04. The van der Waals surface area contributed by atoms with Crippen LogP contribution in [0.5, 0.6) is 0 Å². The van der Waals surface area contributed by atoms with Crippen molar-refractivity contribution < 1.29 is 4.79 Å². The van der Waals surface area contributed by atoms with E-state index in [4.69, 9.17) is 5.73 Å². The zero-order valence-corrected chi connectivity index (χ0v) is 13.5. The lowest BCUT2D eigenvalue weighted by molar-refractivity contribution is 0.256. The number of para-hydroxylation sites is 1. The summed E-state index contributed by atoms with van der Waals surface area (Å²) in [4.78, 5) is 16.5. The molecular weight excluding hydrogens is 276 g/mol. The average molecular weight is 302 g/mol. The molecule has 120 valence electrons. The maximum absolute atomic E-state index is 12.1. The van der Waals surface area contributed by atoms with Gasteiger partial charge in [-0.1, -0.05) is 43.9 Å². The van der Waals surface area contributed by atoms with Gasteiger partial charge in [0.05, 0.1) is 6.04 Å². The van der Waals surface area contributed by atoms with Crippen LogP contribution >= 0.6 is 0 Å². The van der Waals surface area contributed by atoms with Crippen molar-refractivity contribution in [3.05, 3.63) is 29.3 Å². The van der Waals surface area contributed by atoms with Crippen LogP contribution in [-0.4, -0.2) is 18.0 Å². The number of nitrogens with two attached hydrogens (primary N) is 1. The monoisotopic (exact) mass is 302 g/mol. The van der Waals surface area contributed by atoms with Crippen LogP contribution in [0, 0.1) is 13.8 Å². The summed E-state index contributed by atoms with van der Waals surface area (Å²) in [5.41, 5.74) is 8.73. The van der Waals surface area contributed by atoms with Gasteiger partial charge in [-0.3, -0.25) is 5.32 Å². The predicted octanol–water partition coefficient (Wildman–Crippen LogP) is 3.46. The average Bonchev–Trinajstić information content (AvgIpc) is 2.71. The van der Waals surface area contributed by atoms with E-state index >= 15 is 0 Å². The number of hydrogen-bond donors (Lipinski definition) is 3. The summed E-state index contributed by atoms with van der Waals surface area (Å²) >= 11 is 0. The van der Waals surface area contributed by atoms with E-state index in [0.29, 0.717) is 0 Å². The zero-order chi connectivity index (χ0) is 15.9. The van der Waals surface area contributed by atoms with Gasteiger partial charge in [-0.25, -0.2) is 9.79 Å². The molecule has 1 aromatic carbocycles. The molecule has 0 unspecified atom stereocenters. The van der Waals surface area contributed by atoms with Crippen LogP contribution in [0.15, 0.2) is 23.2 Å². The summed E-state index contributed by atoms with van der Waals surface area (Å²) in [6.45, 7) is 3.93. The third-order valence-electron chi connectivity index (χ3n) is 4.11. The van der Waals surface area contributed by atoms with Crippen LogP contribution in [0.25, 0.3) is 0 Å². The fraction of sp³-hybridized carbons (Fsp3) is 0.529. The number of nitrogens with zero attached hydrogens (tertiary/aromatic N) is 1. The van der Waals surface area contributed by atoms with Crippen molar-refractivity contribution in [3.8, 4) is 0 Å². The zero-order valence-electron chi connectivity index (χ0n) is 13.5. The molecule has 2 amide bonds.